The van der Waals surface area contributed by atoms with E-state index in [1.54, 1.807) is 24.0 Å². The van der Waals surface area contributed by atoms with Gasteiger partial charge in [-0.2, -0.15) is 0 Å². The van der Waals surface area contributed by atoms with Crippen molar-refractivity contribution in [1.82, 2.24) is 9.55 Å². The number of anilines is 1. The van der Waals surface area contributed by atoms with Crippen LogP contribution in [0.2, 0.25) is 0 Å². The summed E-state index contributed by atoms with van der Waals surface area (Å²) in [6.45, 7) is 4.39. The highest BCUT2D eigenvalue weighted by molar-refractivity contribution is 6.08. The molecule has 2 heterocycles. The molecule has 0 fully saturated rings. The number of nitrogens with zero attached hydrogens (tertiary/aromatic N) is 3. The van der Waals surface area contributed by atoms with E-state index < -0.39 is 17.9 Å². The number of unbranched alkanes of at least 4 members (excludes halogenated alkanes) is 1. The van der Waals surface area contributed by atoms with Crippen molar-refractivity contribution >= 4 is 28.9 Å². The number of fused-ring (bicyclic) bond motifs is 3. The summed E-state index contributed by atoms with van der Waals surface area (Å²) in [7, 11) is 0. The van der Waals surface area contributed by atoms with Gasteiger partial charge in [-0.3, -0.25) is 14.5 Å². The molecule has 0 unspecified atom stereocenters. The van der Waals surface area contributed by atoms with Crippen LogP contribution < -0.4 is 4.90 Å². The second-order valence-corrected chi connectivity index (χ2v) is 7.34. The SMILES string of the molecule is CCCCN1C(=O)[C@H](C(=O)OCC)[C@H](c2ccc(F)cc2)n2c1nc1ccccc12. The van der Waals surface area contributed by atoms with E-state index in [4.69, 9.17) is 9.72 Å². The minimum atomic E-state index is -1.07. The number of hydrogen-bond donors (Lipinski definition) is 0. The largest absolute Gasteiger partial charge is 0.465 e. The van der Waals surface area contributed by atoms with Gasteiger partial charge in [-0.05, 0) is 43.2 Å². The Hall–Kier alpha value is -3.22. The Balaban J connectivity index is 1.97. The number of esters is 1. The first kappa shape index (κ1) is 20.1. The molecule has 0 spiro atoms. The number of hydrogen-bond acceptors (Lipinski definition) is 4. The number of carbonyl (C=O) groups excluding carboxylic acids is 2. The van der Waals surface area contributed by atoms with Crippen molar-refractivity contribution in [2.75, 3.05) is 18.1 Å². The lowest BCUT2D eigenvalue weighted by Gasteiger charge is -2.38. The number of rotatable bonds is 6. The Morgan fingerprint density at radius 2 is 1.87 bits per heavy atom. The zero-order valence-electron chi connectivity index (χ0n) is 17.0. The van der Waals surface area contributed by atoms with Crippen molar-refractivity contribution in [1.29, 1.82) is 0 Å². The van der Waals surface area contributed by atoms with Crippen LogP contribution in [0.5, 0.6) is 0 Å². The lowest BCUT2D eigenvalue weighted by Crippen LogP contribution is -2.50. The molecule has 7 heteroatoms. The first-order valence-corrected chi connectivity index (χ1v) is 10.3. The molecule has 1 aliphatic rings. The third kappa shape index (κ3) is 3.34. The quantitative estimate of drug-likeness (QED) is 0.454. The van der Waals surface area contributed by atoms with Crippen LogP contribution in [0.4, 0.5) is 10.3 Å². The van der Waals surface area contributed by atoms with Crippen molar-refractivity contribution in [3.63, 3.8) is 0 Å². The number of aromatic nitrogens is 2. The zero-order chi connectivity index (χ0) is 21.3. The Bertz CT molecular complexity index is 1080. The molecule has 0 radical (unpaired) electrons. The predicted octanol–water partition coefficient (Wildman–Crippen LogP) is 4.09. The maximum atomic E-state index is 13.6. The summed E-state index contributed by atoms with van der Waals surface area (Å²) in [6, 6.07) is 12.8. The molecule has 0 N–H and O–H groups in total. The molecule has 2 atom stereocenters. The van der Waals surface area contributed by atoms with Gasteiger partial charge in [0.05, 0.1) is 23.7 Å². The molecular weight excluding hydrogens is 385 g/mol. The topological polar surface area (TPSA) is 64.4 Å². The van der Waals surface area contributed by atoms with E-state index in [0.717, 1.165) is 23.9 Å². The molecule has 0 bridgehead atoms. The lowest BCUT2D eigenvalue weighted by atomic mass is 9.89. The number of halogens is 1. The number of imidazole rings is 1. The highest BCUT2D eigenvalue weighted by atomic mass is 19.1. The molecule has 3 aromatic rings. The maximum Gasteiger partial charge on any atom is 0.321 e. The van der Waals surface area contributed by atoms with Crippen LogP contribution in [-0.4, -0.2) is 34.6 Å². The van der Waals surface area contributed by atoms with E-state index >= 15 is 0 Å². The number of benzene rings is 2. The summed E-state index contributed by atoms with van der Waals surface area (Å²) >= 11 is 0. The second kappa shape index (κ2) is 8.26. The smallest absolute Gasteiger partial charge is 0.321 e. The summed E-state index contributed by atoms with van der Waals surface area (Å²) in [5.41, 5.74) is 2.20. The Morgan fingerprint density at radius 1 is 1.13 bits per heavy atom. The van der Waals surface area contributed by atoms with Gasteiger partial charge in [0.25, 0.3) is 0 Å². The molecule has 30 heavy (non-hydrogen) atoms. The van der Waals surface area contributed by atoms with Gasteiger partial charge >= 0.3 is 5.97 Å². The molecule has 0 saturated heterocycles. The standard InChI is InChI=1S/C23H24FN3O3/c1-3-5-14-26-21(28)19(22(29)30-4-2)20(15-10-12-16(24)13-11-15)27-18-9-7-6-8-17(18)25-23(26)27/h6-13,19-20H,3-5,14H2,1-2H3/t19-,20+/m1/s1. The average Bonchev–Trinajstić information content (AvgIpc) is 3.12. The Morgan fingerprint density at radius 3 is 2.57 bits per heavy atom. The summed E-state index contributed by atoms with van der Waals surface area (Å²) in [6.07, 6.45) is 1.68. The molecular formula is C23H24FN3O3. The number of para-hydroxylation sites is 2. The fourth-order valence-corrected chi connectivity index (χ4v) is 4.04. The molecule has 4 rings (SSSR count). The van der Waals surface area contributed by atoms with Gasteiger partial charge in [-0.25, -0.2) is 9.37 Å². The van der Waals surface area contributed by atoms with E-state index in [2.05, 4.69) is 0 Å². The van der Waals surface area contributed by atoms with Gasteiger partial charge in [-0.15, -0.1) is 0 Å². The molecule has 1 aliphatic heterocycles. The molecule has 2 aromatic carbocycles. The van der Waals surface area contributed by atoms with Gasteiger partial charge in [0.15, 0.2) is 5.92 Å². The fourth-order valence-electron chi connectivity index (χ4n) is 4.04. The number of carbonyl (C=O) groups is 2. The molecule has 6 nitrogen and oxygen atoms in total. The van der Waals surface area contributed by atoms with Gasteiger partial charge in [0.2, 0.25) is 11.9 Å². The first-order chi connectivity index (χ1) is 14.6. The Kier molecular flexibility index (Phi) is 5.53. The third-order valence-electron chi connectivity index (χ3n) is 5.43. The van der Waals surface area contributed by atoms with Crippen molar-refractivity contribution in [2.45, 2.75) is 32.7 Å². The van der Waals surface area contributed by atoms with Crippen LogP contribution >= 0.6 is 0 Å². The van der Waals surface area contributed by atoms with E-state index in [1.807, 2.05) is 35.8 Å². The highest BCUT2D eigenvalue weighted by Gasteiger charge is 2.47. The molecule has 0 aliphatic carbocycles. The van der Waals surface area contributed by atoms with Crippen LogP contribution in [-0.2, 0) is 14.3 Å². The monoisotopic (exact) mass is 409 g/mol. The van der Waals surface area contributed by atoms with Gasteiger partial charge in [-0.1, -0.05) is 37.6 Å². The van der Waals surface area contributed by atoms with Crippen LogP contribution in [0, 0.1) is 11.7 Å². The van der Waals surface area contributed by atoms with Gasteiger partial charge in [0, 0.05) is 6.54 Å². The molecule has 0 saturated carbocycles. The van der Waals surface area contributed by atoms with E-state index in [0.29, 0.717) is 18.1 Å². The van der Waals surface area contributed by atoms with E-state index in [9.17, 15) is 14.0 Å². The van der Waals surface area contributed by atoms with Crippen LogP contribution in [0.3, 0.4) is 0 Å². The Labute approximate surface area is 174 Å². The summed E-state index contributed by atoms with van der Waals surface area (Å²) < 4.78 is 20.8. The number of ether oxygens (including phenoxy) is 1. The first-order valence-electron chi connectivity index (χ1n) is 10.3. The predicted molar refractivity (Wildman–Crippen MR) is 112 cm³/mol. The maximum absolute atomic E-state index is 13.6. The van der Waals surface area contributed by atoms with Crippen LogP contribution in [0.15, 0.2) is 48.5 Å². The van der Waals surface area contributed by atoms with Gasteiger partial charge < -0.3 is 9.30 Å². The van der Waals surface area contributed by atoms with E-state index in [1.165, 1.54) is 12.1 Å². The van der Waals surface area contributed by atoms with Gasteiger partial charge in [0.1, 0.15) is 5.82 Å². The summed E-state index contributed by atoms with van der Waals surface area (Å²) in [5.74, 6) is -1.86. The average molecular weight is 409 g/mol. The second-order valence-electron chi connectivity index (χ2n) is 7.34. The molecule has 156 valence electrons. The fraction of sp³-hybridized carbons (Fsp3) is 0.348. The summed E-state index contributed by atoms with van der Waals surface area (Å²) in [5, 5.41) is 0. The van der Waals surface area contributed by atoms with Crippen LogP contribution in [0.1, 0.15) is 38.3 Å². The molecule has 1 aromatic heterocycles. The van der Waals surface area contributed by atoms with Crippen LogP contribution in [0.25, 0.3) is 11.0 Å². The normalized spacial score (nSPS) is 18.5. The zero-order valence-corrected chi connectivity index (χ0v) is 17.0. The summed E-state index contributed by atoms with van der Waals surface area (Å²) in [4.78, 5) is 32.8. The number of amides is 1. The van der Waals surface area contributed by atoms with E-state index in [-0.39, 0.29) is 18.3 Å². The van der Waals surface area contributed by atoms with Crippen molar-refractivity contribution in [3.05, 3.63) is 59.9 Å². The minimum absolute atomic E-state index is 0.172. The third-order valence-corrected chi connectivity index (χ3v) is 5.43. The minimum Gasteiger partial charge on any atom is -0.465 e. The highest BCUT2D eigenvalue weighted by Crippen LogP contribution is 2.41. The van der Waals surface area contributed by atoms with Crippen molar-refractivity contribution in [2.24, 2.45) is 5.92 Å². The van der Waals surface area contributed by atoms with Crippen molar-refractivity contribution in [3.8, 4) is 0 Å². The molecule has 1 amide bonds. The van der Waals surface area contributed by atoms with Crippen molar-refractivity contribution < 1.29 is 18.7 Å². The lowest BCUT2D eigenvalue weighted by molar-refractivity contribution is -0.153.